The van der Waals surface area contributed by atoms with Gasteiger partial charge in [-0.3, -0.25) is 0 Å². The minimum atomic E-state index is -0.157. The third-order valence-corrected chi connectivity index (χ3v) is 5.22. The molecule has 0 radical (unpaired) electrons. The van der Waals surface area contributed by atoms with Crippen LogP contribution in [0.3, 0.4) is 0 Å². The molecule has 0 spiro atoms. The summed E-state index contributed by atoms with van der Waals surface area (Å²) in [7, 11) is 1.95. The van der Waals surface area contributed by atoms with E-state index < -0.39 is 0 Å². The first-order valence-corrected chi connectivity index (χ1v) is 8.83. The first-order valence-electron chi connectivity index (χ1n) is 8.83. The van der Waals surface area contributed by atoms with Crippen LogP contribution in [-0.2, 0) is 11.8 Å². The maximum atomic E-state index is 12.4. The average molecular weight is 320 g/mol. The lowest BCUT2D eigenvalue weighted by atomic mass is 9.84. The summed E-state index contributed by atoms with van der Waals surface area (Å²) >= 11 is 0. The van der Waals surface area contributed by atoms with E-state index in [1.165, 1.54) is 19.3 Å². The number of rotatable bonds is 4. The molecule has 1 aromatic heterocycles. The summed E-state index contributed by atoms with van der Waals surface area (Å²) < 4.78 is 7.74. The third-order valence-electron chi connectivity index (χ3n) is 5.22. The second-order valence-electron chi connectivity index (χ2n) is 6.84. The van der Waals surface area contributed by atoms with Crippen molar-refractivity contribution < 1.29 is 9.53 Å². The maximum Gasteiger partial charge on any atom is 0.315 e. The Morgan fingerprint density at radius 3 is 3.00 bits per heavy atom. The Morgan fingerprint density at radius 1 is 1.39 bits per heavy atom. The first kappa shape index (κ1) is 16.3. The van der Waals surface area contributed by atoms with Crippen LogP contribution < -0.4 is 10.6 Å². The Kier molecular flexibility index (Phi) is 5.20. The van der Waals surface area contributed by atoms with Crippen LogP contribution in [-0.4, -0.2) is 34.3 Å². The summed E-state index contributed by atoms with van der Waals surface area (Å²) in [5.74, 6) is 1.63. The molecule has 4 atom stereocenters. The van der Waals surface area contributed by atoms with Crippen LogP contribution in [0.2, 0.25) is 0 Å². The smallest absolute Gasteiger partial charge is 0.315 e. The van der Waals surface area contributed by atoms with Crippen LogP contribution in [0.1, 0.15) is 57.4 Å². The van der Waals surface area contributed by atoms with Gasteiger partial charge in [0.05, 0.1) is 6.04 Å². The van der Waals surface area contributed by atoms with E-state index in [2.05, 4.69) is 22.5 Å². The van der Waals surface area contributed by atoms with E-state index in [9.17, 15) is 4.79 Å². The number of hydrogen-bond donors (Lipinski definition) is 2. The highest BCUT2D eigenvalue weighted by Crippen LogP contribution is 2.28. The van der Waals surface area contributed by atoms with Crippen molar-refractivity contribution in [3.63, 3.8) is 0 Å². The molecule has 0 aromatic carbocycles. The van der Waals surface area contributed by atoms with Gasteiger partial charge in [-0.15, -0.1) is 0 Å². The molecule has 6 heteroatoms. The van der Waals surface area contributed by atoms with Crippen molar-refractivity contribution in [1.82, 2.24) is 20.2 Å². The fourth-order valence-corrected chi connectivity index (χ4v) is 3.83. The van der Waals surface area contributed by atoms with E-state index in [1.54, 1.807) is 6.20 Å². The van der Waals surface area contributed by atoms with Crippen molar-refractivity contribution in [2.24, 2.45) is 13.0 Å². The molecule has 6 nitrogen and oxygen atoms in total. The summed E-state index contributed by atoms with van der Waals surface area (Å²) in [5, 5.41) is 6.25. The van der Waals surface area contributed by atoms with Gasteiger partial charge in [0.25, 0.3) is 0 Å². The number of carbonyl (C=O) groups is 1. The van der Waals surface area contributed by atoms with Crippen molar-refractivity contribution in [3.05, 3.63) is 18.2 Å². The number of ether oxygens (including phenoxy) is 1. The van der Waals surface area contributed by atoms with Gasteiger partial charge in [0, 0.05) is 32.1 Å². The summed E-state index contributed by atoms with van der Waals surface area (Å²) in [6.45, 7) is 2.89. The summed E-state index contributed by atoms with van der Waals surface area (Å²) in [6, 6.07) is 0.228. The van der Waals surface area contributed by atoms with Crippen molar-refractivity contribution in [1.29, 1.82) is 0 Å². The highest BCUT2D eigenvalue weighted by Gasteiger charge is 2.34. The fraction of sp³-hybridized carbons (Fsp3) is 0.765. The van der Waals surface area contributed by atoms with Gasteiger partial charge in [-0.1, -0.05) is 26.2 Å². The standard InChI is InChI=1S/C17H28N4O2/c1-3-12-5-4-6-13(11-12)19-17(22)20-14-7-10-23-15(14)16-18-8-9-21(16)2/h8-9,12-15H,3-7,10-11H2,1-2H3,(H2,19,20,22)/t12-,13+,14+,15+/m1/s1. The number of aromatic nitrogens is 2. The minimum Gasteiger partial charge on any atom is -0.368 e. The van der Waals surface area contributed by atoms with Gasteiger partial charge >= 0.3 is 6.03 Å². The number of nitrogens with one attached hydrogen (secondary N) is 2. The fourth-order valence-electron chi connectivity index (χ4n) is 3.83. The second kappa shape index (κ2) is 7.34. The van der Waals surface area contributed by atoms with Crippen LogP contribution in [0.5, 0.6) is 0 Å². The molecule has 2 N–H and O–H groups in total. The van der Waals surface area contributed by atoms with Gasteiger partial charge in [0.1, 0.15) is 11.9 Å². The van der Waals surface area contributed by atoms with E-state index in [0.29, 0.717) is 12.6 Å². The van der Waals surface area contributed by atoms with Gasteiger partial charge in [-0.05, 0) is 25.2 Å². The number of carbonyl (C=O) groups excluding carboxylic acids is 1. The highest BCUT2D eigenvalue weighted by molar-refractivity contribution is 5.74. The Labute approximate surface area is 138 Å². The lowest BCUT2D eigenvalue weighted by Crippen LogP contribution is -2.48. The Morgan fingerprint density at radius 2 is 2.26 bits per heavy atom. The number of imidazole rings is 1. The van der Waals surface area contributed by atoms with Gasteiger partial charge in [0.2, 0.25) is 0 Å². The summed E-state index contributed by atoms with van der Waals surface area (Å²) in [5.41, 5.74) is 0. The second-order valence-corrected chi connectivity index (χ2v) is 6.84. The molecule has 23 heavy (non-hydrogen) atoms. The SMILES string of the molecule is CC[C@@H]1CCC[C@H](NC(=O)N[C@H]2CCO[C@@H]2c2nccn2C)C1. The molecule has 0 bridgehead atoms. The molecule has 2 aliphatic rings. The largest absolute Gasteiger partial charge is 0.368 e. The molecular formula is C17H28N4O2. The lowest BCUT2D eigenvalue weighted by molar-refractivity contribution is 0.0906. The maximum absolute atomic E-state index is 12.4. The topological polar surface area (TPSA) is 68.2 Å². The average Bonchev–Trinajstić information content (AvgIpc) is 3.15. The summed E-state index contributed by atoms with van der Waals surface area (Å²) in [4.78, 5) is 16.7. The van der Waals surface area contributed by atoms with Crippen LogP contribution in [0, 0.1) is 5.92 Å². The van der Waals surface area contributed by atoms with Crippen LogP contribution >= 0.6 is 0 Å². The van der Waals surface area contributed by atoms with Crippen LogP contribution in [0.15, 0.2) is 12.4 Å². The quantitative estimate of drug-likeness (QED) is 0.896. The zero-order valence-corrected chi connectivity index (χ0v) is 14.1. The van der Waals surface area contributed by atoms with Crippen molar-refractivity contribution in [2.75, 3.05) is 6.61 Å². The minimum absolute atomic E-state index is 0.0123. The predicted molar refractivity (Wildman–Crippen MR) is 88.0 cm³/mol. The van der Waals surface area contributed by atoms with Crippen molar-refractivity contribution in [3.8, 4) is 0 Å². The first-order chi connectivity index (χ1) is 11.2. The molecule has 2 amide bonds. The Hall–Kier alpha value is -1.56. The number of urea groups is 1. The van der Waals surface area contributed by atoms with Gasteiger partial charge in [-0.2, -0.15) is 0 Å². The van der Waals surface area contributed by atoms with E-state index >= 15 is 0 Å². The molecule has 0 unspecified atom stereocenters. The van der Waals surface area contributed by atoms with E-state index in [-0.39, 0.29) is 18.2 Å². The molecular weight excluding hydrogens is 292 g/mol. The number of amides is 2. The molecule has 2 heterocycles. The molecule has 1 aliphatic heterocycles. The van der Waals surface area contributed by atoms with Crippen molar-refractivity contribution >= 4 is 6.03 Å². The zero-order valence-electron chi connectivity index (χ0n) is 14.1. The number of nitrogens with zero attached hydrogens (tertiary/aromatic N) is 2. The van der Waals surface area contributed by atoms with E-state index in [1.807, 2.05) is 17.8 Å². The van der Waals surface area contributed by atoms with Gasteiger partial charge < -0.3 is 19.9 Å². The summed E-state index contributed by atoms with van der Waals surface area (Å²) in [6.07, 6.45) is 10.3. The zero-order chi connectivity index (χ0) is 16.2. The molecule has 2 fully saturated rings. The molecule has 1 saturated carbocycles. The van der Waals surface area contributed by atoms with E-state index in [4.69, 9.17) is 4.74 Å². The Bertz CT molecular complexity index is 530. The predicted octanol–water partition coefficient (Wildman–Crippen LogP) is 2.52. The lowest BCUT2D eigenvalue weighted by Gasteiger charge is -2.30. The third kappa shape index (κ3) is 3.86. The molecule has 1 aliphatic carbocycles. The van der Waals surface area contributed by atoms with Gasteiger partial charge in [0.15, 0.2) is 0 Å². The number of aryl methyl sites for hydroxylation is 1. The number of hydrogen-bond acceptors (Lipinski definition) is 3. The van der Waals surface area contributed by atoms with Crippen LogP contribution in [0.25, 0.3) is 0 Å². The normalized spacial score (nSPS) is 31.0. The van der Waals surface area contributed by atoms with Gasteiger partial charge in [-0.25, -0.2) is 9.78 Å². The van der Waals surface area contributed by atoms with E-state index in [0.717, 1.165) is 31.0 Å². The van der Waals surface area contributed by atoms with Crippen LogP contribution in [0.4, 0.5) is 4.79 Å². The monoisotopic (exact) mass is 320 g/mol. The molecule has 3 rings (SSSR count). The molecule has 128 valence electrons. The molecule has 1 aromatic rings. The highest BCUT2D eigenvalue weighted by atomic mass is 16.5. The molecule has 1 saturated heterocycles. The van der Waals surface area contributed by atoms with Crippen molar-refractivity contribution in [2.45, 2.75) is 63.6 Å². The Balaban J connectivity index is 1.54.